The number of hydrogen-bond acceptors (Lipinski definition) is 5. The molecule has 1 aliphatic rings. The Morgan fingerprint density at radius 1 is 1.55 bits per heavy atom. The summed E-state index contributed by atoms with van der Waals surface area (Å²) in [6.07, 6.45) is 1.27. The number of aliphatic hydroxyl groups is 1. The number of hydrogen-bond donors (Lipinski definition) is 2. The van der Waals surface area contributed by atoms with Gasteiger partial charge in [-0.3, -0.25) is 4.79 Å². The molecule has 5 nitrogen and oxygen atoms in total. The van der Waals surface area contributed by atoms with E-state index >= 15 is 0 Å². The van der Waals surface area contributed by atoms with Crippen LogP contribution in [0.1, 0.15) is 28.1 Å². The van der Waals surface area contributed by atoms with Gasteiger partial charge in [-0.1, -0.05) is 11.8 Å². The second kappa shape index (κ2) is 6.39. The van der Waals surface area contributed by atoms with Crippen LogP contribution in [-0.2, 0) is 9.84 Å². The molecule has 108 valence electrons. The molecule has 20 heavy (non-hydrogen) atoms. The van der Waals surface area contributed by atoms with E-state index in [0.29, 0.717) is 23.3 Å². The van der Waals surface area contributed by atoms with Gasteiger partial charge in [-0.25, -0.2) is 8.42 Å². The molecule has 7 heteroatoms. The number of aliphatic hydroxyl groups excluding tert-OH is 1. The number of sulfone groups is 1. The highest BCUT2D eigenvalue weighted by atomic mass is 32.2. The van der Waals surface area contributed by atoms with Gasteiger partial charge in [-0.05, 0) is 18.9 Å². The summed E-state index contributed by atoms with van der Waals surface area (Å²) in [5.41, 5.74) is 0.472. The first-order valence-corrected chi connectivity index (χ1v) is 8.90. The van der Waals surface area contributed by atoms with E-state index in [1.165, 1.54) is 11.3 Å². The average Bonchev–Trinajstić information content (AvgIpc) is 2.84. The first kappa shape index (κ1) is 15.0. The highest BCUT2D eigenvalue weighted by molar-refractivity contribution is 7.91. The summed E-state index contributed by atoms with van der Waals surface area (Å²) in [6.45, 7) is -0.223. The molecule has 1 unspecified atom stereocenters. The normalized spacial score (nSPS) is 20.8. The zero-order valence-corrected chi connectivity index (χ0v) is 12.4. The number of carbonyl (C=O) groups is 1. The Balaban J connectivity index is 1.99. The van der Waals surface area contributed by atoms with Gasteiger partial charge in [0.05, 0.1) is 21.9 Å². The van der Waals surface area contributed by atoms with Crippen molar-refractivity contribution in [1.29, 1.82) is 0 Å². The van der Waals surface area contributed by atoms with Crippen molar-refractivity contribution in [2.45, 2.75) is 18.9 Å². The summed E-state index contributed by atoms with van der Waals surface area (Å²) in [5.74, 6) is 5.19. The molecule has 2 rings (SSSR count). The van der Waals surface area contributed by atoms with Gasteiger partial charge in [0, 0.05) is 11.4 Å². The maximum atomic E-state index is 12.0. The van der Waals surface area contributed by atoms with Crippen molar-refractivity contribution in [3.8, 4) is 11.8 Å². The third-order valence-electron chi connectivity index (χ3n) is 2.95. The minimum absolute atomic E-state index is 0.0139. The lowest BCUT2D eigenvalue weighted by molar-refractivity contribution is 0.0938. The van der Waals surface area contributed by atoms with Crippen molar-refractivity contribution < 1.29 is 18.3 Å². The fourth-order valence-corrected chi connectivity index (χ4v) is 4.44. The van der Waals surface area contributed by atoms with Crippen LogP contribution in [-0.4, -0.2) is 43.6 Å². The van der Waals surface area contributed by atoms with Crippen molar-refractivity contribution in [1.82, 2.24) is 5.32 Å². The molecule has 1 atom stereocenters. The standard InChI is InChI=1S/C13H15NO4S2/c15-5-1-4-12-7-10(8-19-12)13(16)14-11-3-2-6-20(17,18)9-11/h7-8,11,15H,2-3,5-6,9H2,(H,14,16). The molecule has 0 spiro atoms. The zero-order valence-electron chi connectivity index (χ0n) is 10.8. The largest absolute Gasteiger partial charge is 0.384 e. The molecule has 1 saturated heterocycles. The summed E-state index contributed by atoms with van der Waals surface area (Å²) in [4.78, 5) is 12.7. The minimum Gasteiger partial charge on any atom is -0.384 e. The van der Waals surface area contributed by atoms with Crippen LogP contribution in [0, 0.1) is 11.8 Å². The van der Waals surface area contributed by atoms with Crippen molar-refractivity contribution in [3.63, 3.8) is 0 Å². The molecular formula is C13H15NO4S2. The van der Waals surface area contributed by atoms with Crippen LogP contribution in [0.2, 0.25) is 0 Å². The number of nitrogens with one attached hydrogen (secondary N) is 1. The Hall–Kier alpha value is -1.36. The quantitative estimate of drug-likeness (QED) is 0.774. The number of rotatable bonds is 2. The fourth-order valence-electron chi connectivity index (χ4n) is 2.05. The minimum atomic E-state index is -3.03. The lowest BCUT2D eigenvalue weighted by atomic mass is 10.1. The van der Waals surface area contributed by atoms with E-state index < -0.39 is 9.84 Å². The van der Waals surface area contributed by atoms with E-state index in [1.807, 2.05) is 0 Å². The summed E-state index contributed by atoms with van der Waals surface area (Å²) < 4.78 is 23.0. The summed E-state index contributed by atoms with van der Waals surface area (Å²) in [5, 5.41) is 13.0. The van der Waals surface area contributed by atoms with Crippen LogP contribution >= 0.6 is 11.3 Å². The Labute approximate surface area is 121 Å². The summed E-state index contributed by atoms with van der Waals surface area (Å²) in [7, 11) is -3.03. The van der Waals surface area contributed by atoms with E-state index in [0.717, 1.165) is 0 Å². The maximum Gasteiger partial charge on any atom is 0.252 e. The molecular weight excluding hydrogens is 298 g/mol. The van der Waals surface area contributed by atoms with Crippen LogP contribution in [0.5, 0.6) is 0 Å². The van der Waals surface area contributed by atoms with E-state index in [1.54, 1.807) is 11.4 Å². The second-order valence-electron chi connectivity index (χ2n) is 4.59. The molecule has 0 aliphatic carbocycles. The van der Waals surface area contributed by atoms with Crippen LogP contribution in [0.15, 0.2) is 11.4 Å². The molecule has 1 aromatic rings. The van der Waals surface area contributed by atoms with E-state index in [-0.39, 0.29) is 30.1 Å². The Morgan fingerprint density at radius 2 is 2.35 bits per heavy atom. The molecule has 0 bridgehead atoms. The van der Waals surface area contributed by atoms with E-state index in [9.17, 15) is 13.2 Å². The molecule has 0 aromatic carbocycles. The molecule has 0 radical (unpaired) electrons. The lowest BCUT2D eigenvalue weighted by Gasteiger charge is -2.22. The highest BCUT2D eigenvalue weighted by Gasteiger charge is 2.26. The van der Waals surface area contributed by atoms with Gasteiger partial charge in [-0.15, -0.1) is 11.3 Å². The molecule has 1 fully saturated rings. The maximum absolute atomic E-state index is 12.0. The first-order valence-electron chi connectivity index (χ1n) is 6.20. The highest BCUT2D eigenvalue weighted by Crippen LogP contribution is 2.16. The molecule has 1 aromatic heterocycles. The lowest BCUT2D eigenvalue weighted by Crippen LogP contribution is -2.43. The van der Waals surface area contributed by atoms with Gasteiger partial charge in [-0.2, -0.15) is 0 Å². The monoisotopic (exact) mass is 313 g/mol. The predicted molar refractivity (Wildman–Crippen MR) is 77.4 cm³/mol. The second-order valence-corrected chi connectivity index (χ2v) is 7.73. The van der Waals surface area contributed by atoms with Crippen molar-refractivity contribution >= 4 is 27.1 Å². The number of amides is 1. The van der Waals surface area contributed by atoms with E-state index in [4.69, 9.17) is 5.11 Å². The Kier molecular flexibility index (Phi) is 4.81. The van der Waals surface area contributed by atoms with Gasteiger partial charge in [0.2, 0.25) is 0 Å². The Bertz CT molecular complexity index is 651. The van der Waals surface area contributed by atoms with Gasteiger partial charge < -0.3 is 10.4 Å². The number of carbonyl (C=O) groups excluding carboxylic acids is 1. The van der Waals surface area contributed by atoms with Crippen molar-refractivity contribution in [3.05, 3.63) is 21.9 Å². The molecule has 0 saturated carbocycles. The summed E-state index contributed by atoms with van der Waals surface area (Å²) in [6, 6.07) is 1.33. The predicted octanol–water partition coefficient (Wildman–Crippen LogP) is 0.399. The third-order valence-corrected chi connectivity index (χ3v) is 5.62. The molecule has 1 amide bonds. The molecule has 2 heterocycles. The van der Waals surface area contributed by atoms with E-state index in [2.05, 4.69) is 17.2 Å². The topological polar surface area (TPSA) is 83.5 Å². The van der Waals surface area contributed by atoms with Gasteiger partial charge in [0.15, 0.2) is 9.84 Å². The molecule has 2 N–H and O–H groups in total. The summed E-state index contributed by atoms with van der Waals surface area (Å²) >= 11 is 1.32. The van der Waals surface area contributed by atoms with Crippen molar-refractivity contribution in [2.24, 2.45) is 0 Å². The third kappa shape index (κ3) is 4.07. The van der Waals surface area contributed by atoms with Crippen molar-refractivity contribution in [2.75, 3.05) is 18.1 Å². The van der Waals surface area contributed by atoms with Gasteiger partial charge in [0.1, 0.15) is 6.61 Å². The first-order chi connectivity index (χ1) is 9.50. The average molecular weight is 313 g/mol. The molecule has 1 aliphatic heterocycles. The van der Waals surface area contributed by atoms with Crippen LogP contribution in [0.3, 0.4) is 0 Å². The number of thiophene rings is 1. The van der Waals surface area contributed by atoms with Gasteiger partial charge in [0.25, 0.3) is 5.91 Å². The Morgan fingerprint density at radius 3 is 3.05 bits per heavy atom. The van der Waals surface area contributed by atoms with Crippen LogP contribution < -0.4 is 5.32 Å². The smallest absolute Gasteiger partial charge is 0.252 e. The fraction of sp³-hybridized carbons (Fsp3) is 0.462. The van der Waals surface area contributed by atoms with Gasteiger partial charge >= 0.3 is 0 Å². The van der Waals surface area contributed by atoms with Crippen LogP contribution in [0.4, 0.5) is 0 Å². The van der Waals surface area contributed by atoms with Crippen LogP contribution in [0.25, 0.3) is 0 Å². The zero-order chi connectivity index (χ0) is 14.6. The SMILES string of the molecule is O=C(NC1CCCS(=O)(=O)C1)c1csc(C#CCO)c1.